The van der Waals surface area contributed by atoms with Crippen LogP contribution < -0.4 is 4.90 Å². The largest absolute Gasteiger partial charge is 0.481 e. The van der Waals surface area contributed by atoms with Gasteiger partial charge in [0.1, 0.15) is 0 Å². The molecule has 0 radical (unpaired) electrons. The predicted octanol–water partition coefficient (Wildman–Crippen LogP) is 2.73. The third-order valence-electron chi connectivity index (χ3n) is 6.16. The fraction of sp³-hybridized carbons (Fsp3) is 0.455. The van der Waals surface area contributed by atoms with Crippen molar-refractivity contribution >= 4 is 17.8 Å². The zero-order valence-electron chi connectivity index (χ0n) is 16.5. The lowest BCUT2D eigenvalue weighted by Crippen LogP contribution is -2.49. The lowest BCUT2D eigenvalue weighted by Gasteiger charge is -2.39. The van der Waals surface area contributed by atoms with Crippen molar-refractivity contribution in [2.75, 3.05) is 31.1 Å². The second-order valence-electron chi connectivity index (χ2n) is 7.86. The first-order valence-corrected chi connectivity index (χ1v) is 10.3. The van der Waals surface area contributed by atoms with Crippen LogP contribution in [0.15, 0.2) is 42.7 Å². The molecule has 2 saturated heterocycles. The summed E-state index contributed by atoms with van der Waals surface area (Å²) in [4.78, 5) is 37.6. The van der Waals surface area contributed by atoms with Gasteiger partial charge in [-0.2, -0.15) is 0 Å². The van der Waals surface area contributed by atoms with Gasteiger partial charge in [-0.3, -0.25) is 9.59 Å². The fourth-order valence-corrected chi connectivity index (χ4v) is 4.35. The van der Waals surface area contributed by atoms with Crippen LogP contribution in [0.4, 0.5) is 5.95 Å². The number of aliphatic carboxylic acids is 1. The van der Waals surface area contributed by atoms with Gasteiger partial charge < -0.3 is 14.9 Å². The Bertz CT molecular complexity index is 855. The fourth-order valence-electron chi connectivity index (χ4n) is 4.35. The number of carboxylic acids is 1. The lowest BCUT2D eigenvalue weighted by molar-refractivity contribution is -0.145. The normalized spacial score (nSPS) is 19.0. The SMILES string of the molecule is O=C(c1cnc(N2CCCCC2)nc1)N1CCC(C(=O)O)(c2ccccc2)CC1. The van der Waals surface area contributed by atoms with Gasteiger partial charge in [0, 0.05) is 38.6 Å². The van der Waals surface area contributed by atoms with E-state index in [4.69, 9.17) is 0 Å². The second-order valence-corrected chi connectivity index (χ2v) is 7.86. The van der Waals surface area contributed by atoms with Crippen molar-refractivity contribution in [3.05, 3.63) is 53.9 Å². The van der Waals surface area contributed by atoms with Crippen LogP contribution in [0.5, 0.6) is 0 Å². The first-order chi connectivity index (χ1) is 14.1. The first-order valence-electron chi connectivity index (χ1n) is 10.3. The molecule has 0 spiro atoms. The van der Waals surface area contributed by atoms with Gasteiger partial charge in [-0.1, -0.05) is 30.3 Å². The van der Waals surface area contributed by atoms with Crippen LogP contribution in [-0.4, -0.2) is 58.0 Å². The maximum atomic E-state index is 12.9. The number of carbonyl (C=O) groups is 2. The Morgan fingerprint density at radius 3 is 2.10 bits per heavy atom. The van der Waals surface area contributed by atoms with E-state index in [1.807, 2.05) is 30.3 Å². The molecule has 0 aliphatic carbocycles. The Morgan fingerprint density at radius 1 is 0.897 bits per heavy atom. The summed E-state index contributed by atoms with van der Waals surface area (Å²) in [5.74, 6) is -0.291. The van der Waals surface area contributed by atoms with Gasteiger partial charge in [-0.15, -0.1) is 0 Å². The molecule has 1 amide bonds. The minimum Gasteiger partial charge on any atom is -0.481 e. The van der Waals surface area contributed by atoms with Crippen molar-refractivity contribution in [3.63, 3.8) is 0 Å². The van der Waals surface area contributed by atoms with Gasteiger partial charge in [0.05, 0.1) is 11.0 Å². The number of aromatic nitrogens is 2. The van der Waals surface area contributed by atoms with E-state index in [-0.39, 0.29) is 5.91 Å². The average Bonchev–Trinajstić information content (AvgIpc) is 2.80. The highest BCUT2D eigenvalue weighted by molar-refractivity contribution is 5.94. The Kier molecular flexibility index (Phi) is 5.47. The molecule has 2 aromatic rings. The van der Waals surface area contributed by atoms with Crippen molar-refractivity contribution in [2.24, 2.45) is 0 Å². The monoisotopic (exact) mass is 394 g/mol. The molecule has 29 heavy (non-hydrogen) atoms. The van der Waals surface area contributed by atoms with E-state index in [1.54, 1.807) is 17.3 Å². The van der Waals surface area contributed by atoms with Gasteiger partial charge in [-0.05, 0) is 37.7 Å². The highest BCUT2D eigenvalue weighted by atomic mass is 16.4. The van der Waals surface area contributed by atoms with E-state index in [0.717, 1.165) is 31.5 Å². The van der Waals surface area contributed by atoms with Gasteiger partial charge in [0.15, 0.2) is 0 Å². The smallest absolute Gasteiger partial charge is 0.314 e. The third-order valence-corrected chi connectivity index (χ3v) is 6.16. The van der Waals surface area contributed by atoms with Crippen LogP contribution in [0, 0.1) is 0 Å². The Balaban J connectivity index is 1.44. The molecule has 7 nitrogen and oxygen atoms in total. The van der Waals surface area contributed by atoms with Crippen molar-refractivity contribution in [3.8, 4) is 0 Å². The van der Waals surface area contributed by atoms with E-state index < -0.39 is 11.4 Å². The number of benzene rings is 1. The van der Waals surface area contributed by atoms with Gasteiger partial charge in [0.2, 0.25) is 5.95 Å². The van der Waals surface area contributed by atoms with Crippen molar-refractivity contribution in [2.45, 2.75) is 37.5 Å². The maximum Gasteiger partial charge on any atom is 0.314 e. The molecule has 4 rings (SSSR count). The number of piperidine rings is 2. The highest BCUT2D eigenvalue weighted by Crippen LogP contribution is 2.36. The summed E-state index contributed by atoms with van der Waals surface area (Å²) in [5, 5.41) is 9.91. The number of rotatable bonds is 4. The summed E-state index contributed by atoms with van der Waals surface area (Å²) in [5.41, 5.74) is 0.314. The molecule has 2 aliphatic heterocycles. The molecule has 0 unspecified atom stereocenters. The van der Waals surface area contributed by atoms with Gasteiger partial charge in [-0.25, -0.2) is 9.97 Å². The quantitative estimate of drug-likeness (QED) is 0.858. The molecule has 7 heteroatoms. The molecule has 3 heterocycles. The van der Waals surface area contributed by atoms with Gasteiger partial charge in [0.25, 0.3) is 5.91 Å². The molecule has 0 saturated carbocycles. The molecule has 1 aromatic heterocycles. The minimum atomic E-state index is -0.938. The number of amides is 1. The number of likely N-dealkylation sites (tertiary alicyclic amines) is 1. The van der Waals surface area contributed by atoms with Crippen molar-refractivity contribution in [1.29, 1.82) is 0 Å². The summed E-state index contributed by atoms with van der Waals surface area (Å²) in [6.45, 7) is 2.70. The van der Waals surface area contributed by atoms with Crippen LogP contribution in [0.2, 0.25) is 0 Å². The molecule has 0 atom stereocenters. The molecule has 1 aromatic carbocycles. The van der Waals surface area contributed by atoms with Crippen LogP contribution in [0.3, 0.4) is 0 Å². The zero-order chi connectivity index (χ0) is 20.3. The molecule has 152 valence electrons. The number of anilines is 1. The van der Waals surface area contributed by atoms with E-state index >= 15 is 0 Å². The third kappa shape index (κ3) is 3.81. The van der Waals surface area contributed by atoms with Gasteiger partial charge >= 0.3 is 5.97 Å². The summed E-state index contributed by atoms with van der Waals surface area (Å²) in [7, 11) is 0. The predicted molar refractivity (Wildman–Crippen MR) is 109 cm³/mol. The molecule has 2 fully saturated rings. The zero-order valence-corrected chi connectivity index (χ0v) is 16.5. The van der Waals surface area contributed by atoms with E-state index in [0.29, 0.717) is 37.4 Å². The van der Waals surface area contributed by atoms with E-state index in [1.165, 1.54) is 6.42 Å². The molecular weight excluding hydrogens is 368 g/mol. The lowest BCUT2D eigenvalue weighted by atomic mass is 9.73. The van der Waals surface area contributed by atoms with Crippen LogP contribution in [-0.2, 0) is 10.2 Å². The molecule has 1 N–H and O–H groups in total. The summed E-state index contributed by atoms with van der Waals surface area (Å²) >= 11 is 0. The molecule has 2 aliphatic rings. The Labute approximate surface area is 170 Å². The summed E-state index contributed by atoms with van der Waals surface area (Å²) < 4.78 is 0. The standard InChI is InChI=1S/C22H26N4O3/c27-19(17-15-23-21(24-16-17)26-11-5-2-6-12-26)25-13-9-22(10-14-25,20(28)29)18-7-3-1-4-8-18/h1,3-4,7-8,15-16H,2,5-6,9-14H2,(H,28,29). The van der Waals surface area contributed by atoms with Crippen LogP contribution in [0.25, 0.3) is 0 Å². The van der Waals surface area contributed by atoms with Crippen molar-refractivity contribution in [1.82, 2.24) is 14.9 Å². The van der Waals surface area contributed by atoms with Crippen LogP contribution >= 0.6 is 0 Å². The van der Waals surface area contributed by atoms with Crippen molar-refractivity contribution < 1.29 is 14.7 Å². The first kappa shape index (κ1) is 19.4. The number of hydrogen-bond acceptors (Lipinski definition) is 5. The van der Waals surface area contributed by atoms with E-state index in [9.17, 15) is 14.7 Å². The minimum absolute atomic E-state index is 0.137. The molecule has 0 bridgehead atoms. The topological polar surface area (TPSA) is 86.6 Å². The number of hydrogen-bond donors (Lipinski definition) is 1. The number of carboxylic acid groups (broad SMARTS) is 1. The highest BCUT2D eigenvalue weighted by Gasteiger charge is 2.44. The second kappa shape index (κ2) is 8.19. The maximum absolute atomic E-state index is 12.9. The summed E-state index contributed by atoms with van der Waals surface area (Å²) in [6.07, 6.45) is 7.50. The number of carbonyl (C=O) groups excluding carboxylic acids is 1. The average molecular weight is 394 g/mol. The Morgan fingerprint density at radius 2 is 1.52 bits per heavy atom. The van der Waals surface area contributed by atoms with Crippen LogP contribution in [0.1, 0.15) is 48.0 Å². The summed E-state index contributed by atoms with van der Waals surface area (Å²) in [6, 6.07) is 9.32. The van der Waals surface area contributed by atoms with E-state index in [2.05, 4.69) is 14.9 Å². The number of nitrogens with zero attached hydrogens (tertiary/aromatic N) is 4. The Hall–Kier alpha value is -2.96. The molecular formula is C22H26N4O3.